The highest BCUT2D eigenvalue weighted by Crippen LogP contribution is 2.42. The lowest BCUT2D eigenvalue weighted by Crippen LogP contribution is -2.17. The zero-order valence-corrected chi connectivity index (χ0v) is 20.9. The van der Waals surface area contributed by atoms with Gasteiger partial charge in [0.2, 0.25) is 0 Å². The molecule has 1 N–H and O–H groups in total. The van der Waals surface area contributed by atoms with Crippen LogP contribution in [0.3, 0.4) is 0 Å². The Morgan fingerprint density at radius 1 is 0.611 bits per heavy atom. The van der Waals surface area contributed by atoms with E-state index in [9.17, 15) is 5.11 Å². The van der Waals surface area contributed by atoms with Gasteiger partial charge in [-0.25, -0.2) is 0 Å². The van der Waals surface area contributed by atoms with Gasteiger partial charge in [-0.15, -0.1) is 0 Å². The van der Waals surface area contributed by atoms with Crippen LogP contribution in [0.15, 0.2) is 97.1 Å². The van der Waals surface area contributed by atoms with Crippen LogP contribution in [-0.2, 0) is 6.61 Å². The summed E-state index contributed by atoms with van der Waals surface area (Å²) >= 11 is 0. The summed E-state index contributed by atoms with van der Waals surface area (Å²) < 4.78 is 22.4. The van der Waals surface area contributed by atoms with E-state index in [1.54, 1.807) is 21.3 Å². The standard InChI is InChI=1S/C31H32O5/c1-33-26-14-9-23(10-15-26)31(24-11-16-27(34-2)17-12-24)28(20-32)25-13-18-29(30(19-25)35-3)36-21-22-7-5-4-6-8-22/h4-19,28,31-32H,20-21H2,1-3H3. The second-order valence-corrected chi connectivity index (χ2v) is 8.50. The van der Waals surface area contributed by atoms with Crippen molar-refractivity contribution in [2.45, 2.75) is 18.4 Å². The fourth-order valence-corrected chi connectivity index (χ4v) is 4.45. The van der Waals surface area contributed by atoms with Crippen LogP contribution in [0.25, 0.3) is 0 Å². The van der Waals surface area contributed by atoms with Crippen LogP contribution in [0.1, 0.15) is 34.1 Å². The predicted molar refractivity (Wildman–Crippen MR) is 141 cm³/mol. The van der Waals surface area contributed by atoms with Gasteiger partial charge in [0.15, 0.2) is 11.5 Å². The van der Waals surface area contributed by atoms with Crippen molar-refractivity contribution in [3.05, 3.63) is 119 Å². The lowest BCUT2D eigenvalue weighted by molar-refractivity contribution is 0.254. The molecule has 0 aromatic heterocycles. The summed E-state index contributed by atoms with van der Waals surface area (Å²) in [7, 11) is 4.94. The van der Waals surface area contributed by atoms with Gasteiger partial charge in [0.25, 0.3) is 0 Å². The monoisotopic (exact) mass is 484 g/mol. The van der Waals surface area contributed by atoms with E-state index in [1.165, 1.54) is 0 Å². The van der Waals surface area contributed by atoms with Crippen molar-refractivity contribution in [3.8, 4) is 23.0 Å². The third kappa shape index (κ3) is 5.81. The number of methoxy groups -OCH3 is 3. The zero-order valence-electron chi connectivity index (χ0n) is 20.9. The Kier molecular flexibility index (Phi) is 8.48. The molecule has 5 nitrogen and oxygen atoms in total. The molecular formula is C31H32O5. The maximum Gasteiger partial charge on any atom is 0.161 e. The average Bonchev–Trinajstić information content (AvgIpc) is 2.95. The van der Waals surface area contributed by atoms with E-state index in [1.807, 2.05) is 97.1 Å². The highest BCUT2D eigenvalue weighted by Gasteiger charge is 2.27. The summed E-state index contributed by atoms with van der Waals surface area (Å²) in [4.78, 5) is 0. The van der Waals surface area contributed by atoms with Crippen LogP contribution in [0.2, 0.25) is 0 Å². The van der Waals surface area contributed by atoms with Crippen molar-refractivity contribution in [1.82, 2.24) is 0 Å². The Morgan fingerprint density at radius 3 is 1.67 bits per heavy atom. The average molecular weight is 485 g/mol. The highest BCUT2D eigenvalue weighted by molar-refractivity contribution is 5.47. The molecule has 0 saturated heterocycles. The van der Waals surface area contributed by atoms with Gasteiger partial charge < -0.3 is 24.1 Å². The minimum atomic E-state index is -0.219. The number of rotatable bonds is 11. The van der Waals surface area contributed by atoms with E-state index in [-0.39, 0.29) is 18.4 Å². The third-order valence-electron chi connectivity index (χ3n) is 6.40. The first-order valence-corrected chi connectivity index (χ1v) is 11.9. The van der Waals surface area contributed by atoms with Crippen molar-refractivity contribution < 1.29 is 24.1 Å². The second-order valence-electron chi connectivity index (χ2n) is 8.50. The number of benzene rings is 4. The predicted octanol–water partition coefficient (Wildman–Crippen LogP) is 6.20. The van der Waals surface area contributed by atoms with Crippen LogP contribution >= 0.6 is 0 Å². The van der Waals surface area contributed by atoms with Crippen molar-refractivity contribution in [2.24, 2.45) is 0 Å². The zero-order chi connectivity index (χ0) is 25.3. The van der Waals surface area contributed by atoms with E-state index in [4.69, 9.17) is 18.9 Å². The minimum absolute atomic E-state index is 0.0455. The number of aliphatic hydroxyl groups excluding tert-OH is 1. The quantitative estimate of drug-likeness (QED) is 0.275. The number of ether oxygens (including phenoxy) is 4. The van der Waals surface area contributed by atoms with Crippen LogP contribution in [0.5, 0.6) is 23.0 Å². The van der Waals surface area contributed by atoms with Gasteiger partial charge in [-0.3, -0.25) is 0 Å². The van der Waals surface area contributed by atoms with E-state index in [0.29, 0.717) is 18.1 Å². The number of aliphatic hydroxyl groups is 1. The molecular weight excluding hydrogens is 452 g/mol. The summed E-state index contributed by atoms with van der Waals surface area (Å²) in [5.74, 6) is 2.54. The van der Waals surface area contributed by atoms with Gasteiger partial charge in [-0.1, -0.05) is 60.7 Å². The molecule has 0 amide bonds. The normalized spacial score (nSPS) is 11.7. The van der Waals surface area contributed by atoms with E-state index in [2.05, 4.69) is 0 Å². The van der Waals surface area contributed by atoms with Crippen molar-refractivity contribution >= 4 is 0 Å². The molecule has 0 spiro atoms. The second kappa shape index (κ2) is 12.1. The summed E-state index contributed by atoms with van der Waals surface area (Å²) in [5.41, 5.74) is 4.18. The molecule has 0 aliphatic carbocycles. The Labute approximate surface area is 212 Å². The lowest BCUT2D eigenvalue weighted by atomic mass is 9.77. The smallest absolute Gasteiger partial charge is 0.161 e. The molecule has 36 heavy (non-hydrogen) atoms. The Morgan fingerprint density at radius 2 is 1.17 bits per heavy atom. The van der Waals surface area contributed by atoms with Crippen LogP contribution in [0, 0.1) is 0 Å². The van der Waals surface area contributed by atoms with E-state index >= 15 is 0 Å². The van der Waals surface area contributed by atoms with Crippen LogP contribution in [0.4, 0.5) is 0 Å². The summed E-state index contributed by atoms with van der Waals surface area (Å²) in [6, 6.07) is 31.9. The number of hydrogen-bond acceptors (Lipinski definition) is 5. The first-order valence-electron chi connectivity index (χ1n) is 11.9. The molecule has 0 fully saturated rings. The van der Waals surface area contributed by atoms with Crippen molar-refractivity contribution in [2.75, 3.05) is 27.9 Å². The SMILES string of the molecule is COc1ccc(C(c2ccc(OC)cc2)C(CO)c2ccc(OCc3ccccc3)c(OC)c2)cc1. The van der Waals surface area contributed by atoms with Gasteiger partial charge in [0.1, 0.15) is 18.1 Å². The van der Waals surface area contributed by atoms with Crippen LogP contribution < -0.4 is 18.9 Å². The minimum Gasteiger partial charge on any atom is -0.497 e. The molecule has 0 aliphatic heterocycles. The first kappa shape index (κ1) is 25.1. The van der Waals surface area contributed by atoms with Gasteiger partial charge in [-0.2, -0.15) is 0 Å². The molecule has 1 unspecified atom stereocenters. The van der Waals surface area contributed by atoms with Crippen molar-refractivity contribution in [3.63, 3.8) is 0 Å². The molecule has 4 aromatic rings. The van der Waals surface area contributed by atoms with E-state index in [0.717, 1.165) is 33.8 Å². The maximum absolute atomic E-state index is 10.6. The lowest BCUT2D eigenvalue weighted by Gasteiger charge is -2.28. The fraction of sp³-hybridized carbons (Fsp3) is 0.226. The topological polar surface area (TPSA) is 57.2 Å². The molecule has 186 valence electrons. The van der Waals surface area contributed by atoms with Crippen molar-refractivity contribution in [1.29, 1.82) is 0 Å². The largest absolute Gasteiger partial charge is 0.497 e. The van der Waals surface area contributed by atoms with Gasteiger partial charge in [0, 0.05) is 11.8 Å². The molecule has 0 aliphatic rings. The third-order valence-corrected chi connectivity index (χ3v) is 6.40. The van der Waals surface area contributed by atoms with E-state index < -0.39 is 0 Å². The van der Waals surface area contributed by atoms with Gasteiger partial charge in [-0.05, 0) is 58.7 Å². The highest BCUT2D eigenvalue weighted by atomic mass is 16.5. The van der Waals surface area contributed by atoms with Gasteiger partial charge in [0.05, 0.1) is 27.9 Å². The molecule has 0 bridgehead atoms. The Balaban J connectivity index is 1.68. The fourth-order valence-electron chi connectivity index (χ4n) is 4.45. The number of hydrogen-bond donors (Lipinski definition) is 1. The molecule has 1 atom stereocenters. The van der Waals surface area contributed by atoms with Crippen LogP contribution in [-0.4, -0.2) is 33.0 Å². The molecule has 0 radical (unpaired) electrons. The molecule has 4 rings (SSSR count). The molecule has 4 aromatic carbocycles. The molecule has 0 heterocycles. The first-order chi connectivity index (χ1) is 17.7. The Hall–Kier alpha value is -3.96. The summed E-state index contributed by atoms with van der Waals surface area (Å²) in [6.07, 6.45) is 0. The van der Waals surface area contributed by atoms with Gasteiger partial charge >= 0.3 is 0 Å². The maximum atomic E-state index is 10.6. The summed E-state index contributed by atoms with van der Waals surface area (Å²) in [5, 5.41) is 10.6. The Bertz CT molecular complexity index is 1170. The summed E-state index contributed by atoms with van der Waals surface area (Å²) in [6.45, 7) is 0.399. The molecule has 5 heteroatoms. The molecule has 0 saturated carbocycles.